The molecule has 0 radical (unpaired) electrons. The molecule has 1 fully saturated rings. The molecule has 1 aromatic carbocycles. The number of H-pyrrole nitrogens is 1. The van der Waals surface area contributed by atoms with Crippen LogP contribution in [0.15, 0.2) is 18.2 Å². The van der Waals surface area contributed by atoms with Crippen LogP contribution in [0.5, 0.6) is 0 Å². The van der Waals surface area contributed by atoms with Gasteiger partial charge < -0.3 is 5.32 Å². The Morgan fingerprint density at radius 2 is 2.26 bits per heavy atom. The third-order valence-corrected chi connectivity index (χ3v) is 6.04. The standard InChI is InChI=1S/C13H13F2N5OS2/c14-7-1-2-9(15)8(5-7)11(12-17-19-20-18-12)16-13(21)10-6-22-3-4-23-10/h1-2,5,10-11H,3-4,6H2,(H,16,21)(H,17,18,19,20). The van der Waals surface area contributed by atoms with E-state index in [1.54, 1.807) is 23.5 Å². The first kappa shape index (κ1) is 16.2. The van der Waals surface area contributed by atoms with Crippen LogP contribution < -0.4 is 5.32 Å². The average molecular weight is 357 g/mol. The van der Waals surface area contributed by atoms with E-state index in [4.69, 9.17) is 0 Å². The largest absolute Gasteiger partial charge is 0.341 e. The minimum atomic E-state index is -0.996. The van der Waals surface area contributed by atoms with E-state index in [9.17, 15) is 13.6 Å². The lowest BCUT2D eigenvalue weighted by molar-refractivity contribution is -0.120. The maximum absolute atomic E-state index is 14.1. The predicted molar refractivity (Wildman–Crippen MR) is 84.1 cm³/mol. The number of thioether (sulfide) groups is 2. The maximum Gasteiger partial charge on any atom is 0.234 e. The van der Waals surface area contributed by atoms with E-state index in [0.29, 0.717) is 5.75 Å². The quantitative estimate of drug-likeness (QED) is 0.863. The third kappa shape index (κ3) is 3.81. The second-order valence-electron chi connectivity index (χ2n) is 4.81. The molecule has 2 aromatic rings. The summed E-state index contributed by atoms with van der Waals surface area (Å²) in [6, 6.07) is 2.06. The van der Waals surface area contributed by atoms with Gasteiger partial charge in [-0.05, 0) is 18.2 Å². The number of benzene rings is 1. The summed E-state index contributed by atoms with van der Waals surface area (Å²) in [5.41, 5.74) is -0.0341. The van der Waals surface area contributed by atoms with Crippen molar-refractivity contribution in [2.24, 2.45) is 0 Å². The van der Waals surface area contributed by atoms with Gasteiger partial charge in [-0.3, -0.25) is 4.79 Å². The number of aromatic nitrogens is 4. The number of carbonyl (C=O) groups excluding carboxylic acids is 1. The van der Waals surface area contributed by atoms with Crippen LogP contribution in [0.3, 0.4) is 0 Å². The number of rotatable bonds is 4. The van der Waals surface area contributed by atoms with Crippen molar-refractivity contribution in [2.75, 3.05) is 17.3 Å². The smallest absolute Gasteiger partial charge is 0.234 e. The molecular weight excluding hydrogens is 344 g/mol. The van der Waals surface area contributed by atoms with E-state index in [1.165, 1.54) is 0 Å². The van der Waals surface area contributed by atoms with Gasteiger partial charge in [0, 0.05) is 22.8 Å². The first-order chi connectivity index (χ1) is 11.1. The fraction of sp³-hybridized carbons (Fsp3) is 0.385. The van der Waals surface area contributed by atoms with Gasteiger partial charge in [0.2, 0.25) is 11.7 Å². The highest BCUT2D eigenvalue weighted by molar-refractivity contribution is 8.07. The van der Waals surface area contributed by atoms with Crippen LogP contribution in [0.2, 0.25) is 0 Å². The molecule has 2 atom stereocenters. The fourth-order valence-corrected chi connectivity index (χ4v) is 4.75. The molecule has 3 rings (SSSR count). The number of nitrogens with zero attached hydrogens (tertiary/aromatic N) is 3. The van der Waals surface area contributed by atoms with Gasteiger partial charge in [0.15, 0.2) is 0 Å². The molecule has 6 nitrogen and oxygen atoms in total. The zero-order valence-electron chi connectivity index (χ0n) is 11.8. The Balaban J connectivity index is 1.87. The average Bonchev–Trinajstić information content (AvgIpc) is 3.10. The van der Waals surface area contributed by atoms with E-state index in [1.807, 2.05) is 0 Å². The number of tetrazole rings is 1. The van der Waals surface area contributed by atoms with Crippen molar-refractivity contribution in [1.29, 1.82) is 0 Å². The molecule has 10 heteroatoms. The number of nitrogens with one attached hydrogen (secondary N) is 2. The van der Waals surface area contributed by atoms with Crippen molar-refractivity contribution in [1.82, 2.24) is 25.9 Å². The molecule has 1 aromatic heterocycles. The van der Waals surface area contributed by atoms with Crippen LogP contribution in [-0.2, 0) is 4.79 Å². The van der Waals surface area contributed by atoms with Gasteiger partial charge in [0.1, 0.15) is 17.7 Å². The number of hydrogen-bond donors (Lipinski definition) is 2. The Morgan fingerprint density at radius 3 is 2.96 bits per heavy atom. The molecule has 0 bridgehead atoms. The van der Waals surface area contributed by atoms with Crippen molar-refractivity contribution >= 4 is 29.4 Å². The lowest BCUT2D eigenvalue weighted by Crippen LogP contribution is -2.39. The summed E-state index contributed by atoms with van der Waals surface area (Å²) in [5.74, 6) is 1.14. The van der Waals surface area contributed by atoms with Crippen molar-refractivity contribution in [3.63, 3.8) is 0 Å². The first-order valence-electron chi connectivity index (χ1n) is 6.83. The molecule has 2 heterocycles. The highest BCUT2D eigenvalue weighted by Gasteiger charge is 2.29. The number of halogens is 2. The third-order valence-electron chi connectivity index (χ3n) is 3.28. The lowest BCUT2D eigenvalue weighted by atomic mass is 10.1. The van der Waals surface area contributed by atoms with Gasteiger partial charge in [-0.25, -0.2) is 8.78 Å². The summed E-state index contributed by atoms with van der Waals surface area (Å²) in [4.78, 5) is 12.4. The van der Waals surface area contributed by atoms with E-state index in [0.717, 1.165) is 29.7 Å². The topological polar surface area (TPSA) is 83.6 Å². The summed E-state index contributed by atoms with van der Waals surface area (Å²) < 4.78 is 27.6. The second kappa shape index (κ2) is 7.26. The zero-order valence-corrected chi connectivity index (χ0v) is 13.5. The molecule has 0 spiro atoms. The second-order valence-corrected chi connectivity index (χ2v) is 7.27. The molecule has 0 aliphatic carbocycles. The highest BCUT2D eigenvalue weighted by Crippen LogP contribution is 2.27. The van der Waals surface area contributed by atoms with Crippen molar-refractivity contribution in [3.8, 4) is 0 Å². The number of hydrogen-bond acceptors (Lipinski definition) is 6. The van der Waals surface area contributed by atoms with Crippen LogP contribution in [0.25, 0.3) is 0 Å². The summed E-state index contributed by atoms with van der Waals surface area (Å²) >= 11 is 3.24. The highest BCUT2D eigenvalue weighted by atomic mass is 32.2. The first-order valence-corrected chi connectivity index (χ1v) is 9.03. The molecule has 1 aliphatic rings. The van der Waals surface area contributed by atoms with Crippen LogP contribution in [-0.4, -0.2) is 49.0 Å². The number of aromatic amines is 1. The molecule has 2 unspecified atom stereocenters. The van der Waals surface area contributed by atoms with Gasteiger partial charge >= 0.3 is 0 Å². The Morgan fingerprint density at radius 1 is 1.39 bits per heavy atom. The van der Waals surface area contributed by atoms with Crippen LogP contribution in [0.1, 0.15) is 17.4 Å². The van der Waals surface area contributed by atoms with Crippen molar-refractivity contribution < 1.29 is 13.6 Å². The Bertz CT molecular complexity index is 679. The molecule has 1 amide bonds. The Hall–Kier alpha value is -1.68. The Kier molecular flexibility index (Phi) is 5.11. The zero-order chi connectivity index (χ0) is 16.2. The molecule has 23 heavy (non-hydrogen) atoms. The van der Waals surface area contributed by atoms with Gasteiger partial charge in [0.25, 0.3) is 0 Å². The lowest BCUT2D eigenvalue weighted by Gasteiger charge is -2.23. The summed E-state index contributed by atoms with van der Waals surface area (Å²) in [6.07, 6.45) is 0. The van der Waals surface area contributed by atoms with Gasteiger partial charge in [0.05, 0.1) is 5.25 Å². The van der Waals surface area contributed by atoms with Crippen molar-refractivity contribution in [3.05, 3.63) is 41.2 Å². The molecule has 1 aliphatic heterocycles. The van der Waals surface area contributed by atoms with E-state index in [2.05, 4.69) is 25.9 Å². The van der Waals surface area contributed by atoms with Crippen LogP contribution >= 0.6 is 23.5 Å². The molecular formula is C13H13F2N5OS2. The predicted octanol–water partition coefficient (Wildman–Crippen LogP) is 1.53. The SMILES string of the molecule is O=C(NC(c1nn[nH]n1)c1cc(F)ccc1F)C1CSCCS1. The monoisotopic (exact) mass is 357 g/mol. The normalized spacial score (nSPS) is 19.3. The molecule has 122 valence electrons. The fourth-order valence-electron chi connectivity index (χ4n) is 2.18. The molecule has 0 saturated carbocycles. The summed E-state index contributed by atoms with van der Waals surface area (Å²) in [6.45, 7) is 0. The van der Waals surface area contributed by atoms with E-state index >= 15 is 0 Å². The van der Waals surface area contributed by atoms with Crippen molar-refractivity contribution in [2.45, 2.75) is 11.3 Å². The van der Waals surface area contributed by atoms with Gasteiger partial charge in [-0.2, -0.15) is 17.0 Å². The molecule has 2 N–H and O–H groups in total. The van der Waals surface area contributed by atoms with Gasteiger partial charge in [-0.1, -0.05) is 5.21 Å². The molecule has 1 saturated heterocycles. The maximum atomic E-state index is 14.1. The number of carbonyl (C=O) groups is 1. The summed E-state index contributed by atoms with van der Waals surface area (Å²) in [5, 5.41) is 15.8. The minimum absolute atomic E-state index is 0.0341. The van der Waals surface area contributed by atoms with E-state index < -0.39 is 17.7 Å². The van der Waals surface area contributed by atoms with Gasteiger partial charge in [-0.15, -0.1) is 22.0 Å². The van der Waals surface area contributed by atoms with E-state index in [-0.39, 0.29) is 22.5 Å². The Labute approximate surface area is 139 Å². The van der Waals surface area contributed by atoms with Crippen LogP contribution in [0.4, 0.5) is 8.78 Å². The minimum Gasteiger partial charge on any atom is -0.341 e. The summed E-state index contributed by atoms with van der Waals surface area (Å²) in [7, 11) is 0. The van der Waals surface area contributed by atoms with Crippen LogP contribution in [0, 0.1) is 11.6 Å². The number of amides is 1.